The second kappa shape index (κ2) is 5.19. The number of alkyl halides is 3. The largest absolute Gasteiger partial charge is 0.416 e. The molecule has 2 aromatic carbocycles. The van der Waals surface area contributed by atoms with Gasteiger partial charge in [0.1, 0.15) is 5.60 Å². The van der Waals surface area contributed by atoms with Crippen LogP contribution in [0.4, 0.5) is 13.2 Å². The van der Waals surface area contributed by atoms with E-state index in [0.29, 0.717) is 16.7 Å². The Morgan fingerprint density at radius 2 is 1.38 bits per heavy atom. The number of aryl methyl sites for hydroxylation is 2. The first kappa shape index (κ1) is 15.6. The van der Waals surface area contributed by atoms with Crippen molar-refractivity contribution in [1.82, 2.24) is 0 Å². The highest BCUT2D eigenvalue weighted by atomic mass is 19.4. The number of hydrogen-bond donors (Lipinski definition) is 1. The van der Waals surface area contributed by atoms with Gasteiger partial charge in [0.2, 0.25) is 0 Å². The van der Waals surface area contributed by atoms with E-state index < -0.39 is 17.3 Å². The molecule has 4 heteroatoms. The molecule has 1 unspecified atom stereocenters. The third kappa shape index (κ3) is 3.10. The van der Waals surface area contributed by atoms with E-state index in [2.05, 4.69) is 0 Å². The standard InChI is InChI=1S/C17H17F3O/c1-11-4-6-13(7-5-11)16(3,21)15-9-8-14(10-12(15)2)17(18,19)20/h4-10,21H,1-3H3. The van der Waals surface area contributed by atoms with Crippen LogP contribution in [-0.4, -0.2) is 5.11 Å². The van der Waals surface area contributed by atoms with Gasteiger partial charge < -0.3 is 5.11 Å². The van der Waals surface area contributed by atoms with Gasteiger partial charge in [0, 0.05) is 0 Å². The first-order valence-corrected chi connectivity index (χ1v) is 6.60. The molecule has 112 valence electrons. The number of halogens is 3. The van der Waals surface area contributed by atoms with Crippen molar-refractivity contribution in [3.8, 4) is 0 Å². The average molecular weight is 294 g/mol. The van der Waals surface area contributed by atoms with Crippen molar-refractivity contribution in [3.05, 3.63) is 70.3 Å². The first-order valence-electron chi connectivity index (χ1n) is 6.60. The molecule has 0 saturated heterocycles. The van der Waals surface area contributed by atoms with Gasteiger partial charge in [0.05, 0.1) is 5.56 Å². The van der Waals surface area contributed by atoms with Crippen LogP contribution >= 0.6 is 0 Å². The summed E-state index contributed by atoms with van der Waals surface area (Å²) in [4.78, 5) is 0. The summed E-state index contributed by atoms with van der Waals surface area (Å²) in [7, 11) is 0. The highest BCUT2D eigenvalue weighted by Gasteiger charge is 2.33. The lowest BCUT2D eigenvalue weighted by molar-refractivity contribution is -0.137. The van der Waals surface area contributed by atoms with Gasteiger partial charge in [0.25, 0.3) is 0 Å². The third-order valence-corrected chi connectivity index (χ3v) is 3.69. The molecule has 0 amide bonds. The lowest BCUT2D eigenvalue weighted by atomic mass is 9.84. The van der Waals surface area contributed by atoms with E-state index in [1.807, 2.05) is 19.1 Å². The van der Waals surface area contributed by atoms with Gasteiger partial charge in [-0.2, -0.15) is 13.2 Å². The summed E-state index contributed by atoms with van der Waals surface area (Å²) >= 11 is 0. The lowest BCUT2D eigenvalue weighted by Gasteiger charge is -2.27. The minimum atomic E-state index is -4.38. The number of rotatable bonds is 2. The zero-order chi connectivity index (χ0) is 15.8. The molecular weight excluding hydrogens is 277 g/mol. The SMILES string of the molecule is Cc1ccc(C(C)(O)c2ccc(C(F)(F)F)cc2C)cc1. The van der Waals surface area contributed by atoms with Gasteiger partial charge in [-0.05, 0) is 49.6 Å². The number of hydrogen-bond acceptors (Lipinski definition) is 1. The second-order valence-corrected chi connectivity index (χ2v) is 5.47. The summed E-state index contributed by atoms with van der Waals surface area (Å²) in [6.07, 6.45) is -4.38. The van der Waals surface area contributed by atoms with Crippen LogP contribution in [0, 0.1) is 13.8 Å². The number of benzene rings is 2. The van der Waals surface area contributed by atoms with E-state index >= 15 is 0 Å². The summed E-state index contributed by atoms with van der Waals surface area (Å²) in [6, 6.07) is 10.7. The van der Waals surface area contributed by atoms with E-state index in [-0.39, 0.29) is 0 Å². The molecule has 0 spiro atoms. The molecule has 0 aromatic heterocycles. The smallest absolute Gasteiger partial charge is 0.381 e. The minimum absolute atomic E-state index is 0.412. The molecule has 0 aliphatic heterocycles. The molecule has 0 radical (unpaired) electrons. The Morgan fingerprint density at radius 3 is 1.86 bits per heavy atom. The fourth-order valence-electron chi connectivity index (χ4n) is 2.42. The minimum Gasteiger partial charge on any atom is -0.381 e. The van der Waals surface area contributed by atoms with Crippen molar-refractivity contribution >= 4 is 0 Å². The summed E-state index contributed by atoms with van der Waals surface area (Å²) < 4.78 is 38.1. The molecule has 1 atom stereocenters. The molecule has 2 aromatic rings. The van der Waals surface area contributed by atoms with Crippen LogP contribution in [0.5, 0.6) is 0 Å². The summed E-state index contributed by atoms with van der Waals surface area (Å²) in [6.45, 7) is 5.10. The molecule has 1 nitrogen and oxygen atoms in total. The molecule has 0 bridgehead atoms. The van der Waals surface area contributed by atoms with Gasteiger partial charge in [-0.1, -0.05) is 35.9 Å². The lowest BCUT2D eigenvalue weighted by Crippen LogP contribution is -2.24. The van der Waals surface area contributed by atoms with Crippen molar-refractivity contribution in [1.29, 1.82) is 0 Å². The summed E-state index contributed by atoms with van der Waals surface area (Å²) in [5, 5.41) is 10.7. The average Bonchev–Trinajstić information content (AvgIpc) is 2.37. The maximum atomic E-state index is 12.7. The van der Waals surface area contributed by atoms with Gasteiger partial charge in [-0.3, -0.25) is 0 Å². The molecular formula is C17H17F3O. The highest BCUT2D eigenvalue weighted by Crippen LogP contribution is 2.35. The van der Waals surface area contributed by atoms with Crippen LogP contribution in [0.2, 0.25) is 0 Å². The van der Waals surface area contributed by atoms with E-state index in [0.717, 1.165) is 17.7 Å². The monoisotopic (exact) mass is 294 g/mol. The second-order valence-electron chi connectivity index (χ2n) is 5.47. The van der Waals surface area contributed by atoms with E-state index in [1.165, 1.54) is 6.07 Å². The maximum Gasteiger partial charge on any atom is 0.416 e. The van der Waals surface area contributed by atoms with E-state index in [1.54, 1.807) is 26.0 Å². The summed E-state index contributed by atoms with van der Waals surface area (Å²) in [5.74, 6) is 0. The van der Waals surface area contributed by atoms with Gasteiger partial charge in [-0.25, -0.2) is 0 Å². The highest BCUT2D eigenvalue weighted by molar-refractivity contribution is 5.42. The van der Waals surface area contributed by atoms with Crippen LogP contribution in [0.25, 0.3) is 0 Å². The van der Waals surface area contributed by atoms with Crippen LogP contribution in [0.3, 0.4) is 0 Å². The Morgan fingerprint density at radius 1 is 0.857 bits per heavy atom. The predicted octanol–water partition coefficient (Wildman–Crippen LogP) is 4.58. The molecule has 1 N–H and O–H groups in total. The Labute approximate surface area is 122 Å². The topological polar surface area (TPSA) is 20.2 Å². The molecule has 2 rings (SSSR count). The van der Waals surface area contributed by atoms with Crippen LogP contribution in [-0.2, 0) is 11.8 Å². The van der Waals surface area contributed by atoms with E-state index in [4.69, 9.17) is 0 Å². The fourth-order valence-corrected chi connectivity index (χ4v) is 2.42. The number of aliphatic hydroxyl groups is 1. The van der Waals surface area contributed by atoms with Crippen molar-refractivity contribution in [2.24, 2.45) is 0 Å². The van der Waals surface area contributed by atoms with Gasteiger partial charge in [-0.15, -0.1) is 0 Å². The van der Waals surface area contributed by atoms with Gasteiger partial charge >= 0.3 is 6.18 Å². The summed E-state index contributed by atoms with van der Waals surface area (Å²) in [5.41, 5.74) is 0.551. The van der Waals surface area contributed by atoms with Crippen molar-refractivity contribution < 1.29 is 18.3 Å². The zero-order valence-electron chi connectivity index (χ0n) is 12.1. The van der Waals surface area contributed by atoms with Crippen LogP contribution in [0.15, 0.2) is 42.5 Å². The Kier molecular flexibility index (Phi) is 3.85. The van der Waals surface area contributed by atoms with Crippen LogP contribution < -0.4 is 0 Å². The Hall–Kier alpha value is -1.81. The zero-order valence-corrected chi connectivity index (χ0v) is 12.1. The Balaban J connectivity index is 2.47. The molecule has 0 fully saturated rings. The molecule has 0 saturated carbocycles. The van der Waals surface area contributed by atoms with Crippen molar-refractivity contribution in [3.63, 3.8) is 0 Å². The quantitative estimate of drug-likeness (QED) is 0.859. The fraction of sp³-hybridized carbons (Fsp3) is 0.294. The third-order valence-electron chi connectivity index (χ3n) is 3.69. The van der Waals surface area contributed by atoms with Crippen LogP contribution in [0.1, 0.15) is 34.7 Å². The Bertz CT molecular complexity index is 640. The van der Waals surface area contributed by atoms with Crippen molar-refractivity contribution in [2.75, 3.05) is 0 Å². The van der Waals surface area contributed by atoms with Gasteiger partial charge in [0.15, 0.2) is 0 Å². The first-order chi connectivity index (χ1) is 9.62. The predicted molar refractivity (Wildman–Crippen MR) is 76.0 cm³/mol. The molecule has 0 aliphatic carbocycles. The maximum absolute atomic E-state index is 12.7. The molecule has 0 aliphatic rings. The normalized spacial score (nSPS) is 14.8. The molecule has 0 heterocycles. The van der Waals surface area contributed by atoms with Crippen molar-refractivity contribution in [2.45, 2.75) is 32.5 Å². The molecule has 21 heavy (non-hydrogen) atoms. The van der Waals surface area contributed by atoms with E-state index in [9.17, 15) is 18.3 Å².